The molecule has 0 atom stereocenters. The molecule has 1 aliphatic rings. The molecule has 10 heteroatoms. The normalized spacial score (nSPS) is 15.0. The van der Waals surface area contributed by atoms with E-state index in [1.807, 2.05) is 4.90 Å². The lowest BCUT2D eigenvalue weighted by Gasteiger charge is -2.34. The minimum atomic E-state index is -3.64. The number of nitrogens with zero attached hydrogens (tertiary/aromatic N) is 2. The van der Waals surface area contributed by atoms with Crippen LogP contribution in [0.15, 0.2) is 53.4 Å². The minimum absolute atomic E-state index is 0.0489. The highest BCUT2D eigenvalue weighted by Crippen LogP contribution is 2.15. The maximum atomic E-state index is 13.2. The van der Waals surface area contributed by atoms with E-state index < -0.39 is 15.8 Å². The van der Waals surface area contributed by atoms with Gasteiger partial charge in [0.2, 0.25) is 15.9 Å². The first-order valence-corrected chi connectivity index (χ1v) is 11.4. The zero-order valence-electron chi connectivity index (χ0n) is 17.2. The van der Waals surface area contributed by atoms with Crippen LogP contribution in [0.5, 0.6) is 0 Å². The second-order valence-corrected chi connectivity index (χ2v) is 8.92. The molecule has 0 saturated carbocycles. The SMILES string of the molecule is CCNS(=O)(=O)c1cccc(C(=O)N2CCN(CC(=O)Nc3cccc(F)c3)CC2)c1. The van der Waals surface area contributed by atoms with Crippen molar-refractivity contribution in [2.45, 2.75) is 11.8 Å². The summed E-state index contributed by atoms with van der Waals surface area (Å²) in [6.45, 7) is 3.90. The van der Waals surface area contributed by atoms with Gasteiger partial charge in [0.15, 0.2) is 0 Å². The molecule has 2 aromatic carbocycles. The molecule has 3 rings (SSSR count). The number of rotatable bonds is 7. The summed E-state index contributed by atoms with van der Waals surface area (Å²) in [6.07, 6.45) is 0. The number of halogens is 1. The highest BCUT2D eigenvalue weighted by Gasteiger charge is 2.24. The van der Waals surface area contributed by atoms with Crippen molar-refractivity contribution < 1.29 is 22.4 Å². The van der Waals surface area contributed by atoms with Crippen molar-refractivity contribution in [1.82, 2.24) is 14.5 Å². The summed E-state index contributed by atoms with van der Waals surface area (Å²) >= 11 is 0. The van der Waals surface area contributed by atoms with Crippen molar-refractivity contribution in [3.05, 3.63) is 59.9 Å². The number of piperazine rings is 1. The summed E-state index contributed by atoms with van der Waals surface area (Å²) in [5.41, 5.74) is 0.697. The molecule has 0 unspecified atom stereocenters. The third kappa shape index (κ3) is 6.09. The number of hydrogen-bond donors (Lipinski definition) is 2. The van der Waals surface area contributed by atoms with Crippen LogP contribution >= 0.6 is 0 Å². The Morgan fingerprint density at radius 2 is 1.74 bits per heavy atom. The Morgan fingerprint density at radius 3 is 2.42 bits per heavy atom. The topological polar surface area (TPSA) is 98.8 Å². The predicted octanol–water partition coefficient (Wildman–Crippen LogP) is 1.52. The number of carbonyl (C=O) groups is 2. The molecule has 1 heterocycles. The molecule has 0 spiro atoms. The number of nitrogens with one attached hydrogen (secondary N) is 2. The lowest BCUT2D eigenvalue weighted by molar-refractivity contribution is -0.117. The Bertz CT molecular complexity index is 1050. The largest absolute Gasteiger partial charge is 0.336 e. The monoisotopic (exact) mass is 448 g/mol. The molecule has 8 nitrogen and oxygen atoms in total. The number of amides is 2. The lowest BCUT2D eigenvalue weighted by atomic mass is 10.2. The van der Waals surface area contributed by atoms with E-state index in [9.17, 15) is 22.4 Å². The summed E-state index contributed by atoms with van der Waals surface area (Å²) in [7, 11) is -3.64. The molecular weight excluding hydrogens is 423 g/mol. The molecule has 2 aromatic rings. The van der Waals surface area contributed by atoms with Crippen LogP contribution in [-0.4, -0.2) is 69.3 Å². The second kappa shape index (κ2) is 9.99. The molecule has 166 valence electrons. The van der Waals surface area contributed by atoms with Crippen molar-refractivity contribution in [3.8, 4) is 0 Å². The number of carbonyl (C=O) groups excluding carboxylic acids is 2. The van der Waals surface area contributed by atoms with Crippen LogP contribution in [0.2, 0.25) is 0 Å². The quantitative estimate of drug-likeness (QED) is 0.669. The van der Waals surface area contributed by atoms with Crippen LogP contribution in [0.25, 0.3) is 0 Å². The molecule has 1 fully saturated rings. The standard InChI is InChI=1S/C21H25FN4O4S/c1-2-23-31(29,30)19-8-3-5-16(13-19)21(28)26-11-9-25(10-12-26)15-20(27)24-18-7-4-6-17(22)14-18/h3-8,13-14,23H,2,9-12,15H2,1H3,(H,24,27). The first-order valence-electron chi connectivity index (χ1n) is 9.95. The fraction of sp³-hybridized carbons (Fsp3) is 0.333. The number of sulfonamides is 1. The van der Waals surface area contributed by atoms with E-state index in [0.717, 1.165) is 0 Å². The first kappa shape index (κ1) is 22.9. The van der Waals surface area contributed by atoms with Gasteiger partial charge in [-0.1, -0.05) is 19.1 Å². The van der Waals surface area contributed by atoms with Gasteiger partial charge in [-0.2, -0.15) is 0 Å². The van der Waals surface area contributed by atoms with E-state index in [1.54, 1.807) is 30.0 Å². The van der Waals surface area contributed by atoms with Gasteiger partial charge in [0.25, 0.3) is 5.91 Å². The molecule has 0 bridgehead atoms. The highest BCUT2D eigenvalue weighted by molar-refractivity contribution is 7.89. The number of benzene rings is 2. The van der Waals surface area contributed by atoms with Gasteiger partial charge in [0.05, 0.1) is 11.4 Å². The summed E-state index contributed by atoms with van der Waals surface area (Å²) in [4.78, 5) is 28.6. The van der Waals surface area contributed by atoms with E-state index in [1.165, 1.54) is 30.3 Å². The summed E-state index contributed by atoms with van der Waals surface area (Å²) in [5.74, 6) is -0.934. The van der Waals surface area contributed by atoms with Crippen LogP contribution in [0, 0.1) is 5.82 Å². The van der Waals surface area contributed by atoms with Crippen LogP contribution in [0.3, 0.4) is 0 Å². The van der Waals surface area contributed by atoms with Crippen molar-refractivity contribution in [3.63, 3.8) is 0 Å². The Labute approximate surface area is 181 Å². The van der Waals surface area contributed by atoms with E-state index in [0.29, 0.717) is 37.4 Å². The average Bonchev–Trinajstić information content (AvgIpc) is 2.74. The molecule has 2 N–H and O–H groups in total. The molecular formula is C21H25FN4O4S. The third-order valence-electron chi connectivity index (χ3n) is 4.86. The van der Waals surface area contributed by atoms with Gasteiger partial charge >= 0.3 is 0 Å². The van der Waals surface area contributed by atoms with Crippen molar-refractivity contribution in [2.24, 2.45) is 0 Å². The second-order valence-electron chi connectivity index (χ2n) is 7.16. The van der Waals surface area contributed by atoms with Crippen LogP contribution in [0.1, 0.15) is 17.3 Å². The Kier molecular flexibility index (Phi) is 7.37. The van der Waals surface area contributed by atoms with E-state index in [2.05, 4.69) is 10.0 Å². The molecule has 0 aromatic heterocycles. The number of hydrogen-bond acceptors (Lipinski definition) is 5. The maximum absolute atomic E-state index is 13.2. The maximum Gasteiger partial charge on any atom is 0.253 e. The van der Waals surface area contributed by atoms with Crippen LogP contribution in [-0.2, 0) is 14.8 Å². The predicted molar refractivity (Wildman–Crippen MR) is 115 cm³/mol. The third-order valence-corrected chi connectivity index (χ3v) is 6.40. The summed E-state index contributed by atoms with van der Waals surface area (Å²) < 4.78 is 40.0. The van der Waals surface area contributed by atoms with Crippen molar-refractivity contribution >= 4 is 27.5 Å². The van der Waals surface area contributed by atoms with E-state index >= 15 is 0 Å². The molecule has 31 heavy (non-hydrogen) atoms. The first-order chi connectivity index (χ1) is 14.8. The van der Waals surface area contributed by atoms with Gasteiger partial charge < -0.3 is 10.2 Å². The molecule has 2 amide bonds. The summed E-state index contributed by atoms with van der Waals surface area (Å²) in [5, 5.41) is 2.66. The zero-order chi connectivity index (χ0) is 22.4. The molecule has 1 aliphatic heterocycles. The van der Waals surface area contributed by atoms with E-state index in [-0.39, 0.29) is 29.8 Å². The van der Waals surface area contributed by atoms with Gasteiger partial charge in [0, 0.05) is 44.0 Å². The van der Waals surface area contributed by atoms with Gasteiger partial charge in [-0.3, -0.25) is 14.5 Å². The highest BCUT2D eigenvalue weighted by atomic mass is 32.2. The van der Waals surface area contributed by atoms with E-state index in [4.69, 9.17) is 0 Å². The fourth-order valence-electron chi connectivity index (χ4n) is 3.33. The average molecular weight is 449 g/mol. The fourth-order valence-corrected chi connectivity index (χ4v) is 4.42. The van der Waals surface area contributed by atoms with Crippen molar-refractivity contribution in [2.75, 3.05) is 44.6 Å². The van der Waals surface area contributed by atoms with Gasteiger partial charge in [-0.15, -0.1) is 0 Å². The molecule has 0 aliphatic carbocycles. The molecule has 0 radical (unpaired) electrons. The Balaban J connectivity index is 1.55. The Hall–Kier alpha value is -2.82. The van der Waals surface area contributed by atoms with Gasteiger partial charge in [0.1, 0.15) is 5.82 Å². The zero-order valence-corrected chi connectivity index (χ0v) is 18.0. The number of anilines is 1. The van der Waals surface area contributed by atoms with Gasteiger partial charge in [-0.25, -0.2) is 17.5 Å². The smallest absolute Gasteiger partial charge is 0.253 e. The summed E-state index contributed by atoms with van der Waals surface area (Å²) in [6, 6.07) is 11.6. The van der Waals surface area contributed by atoms with Crippen LogP contribution in [0.4, 0.5) is 10.1 Å². The lowest BCUT2D eigenvalue weighted by Crippen LogP contribution is -2.50. The van der Waals surface area contributed by atoms with Crippen molar-refractivity contribution in [1.29, 1.82) is 0 Å². The van der Waals surface area contributed by atoms with Gasteiger partial charge in [-0.05, 0) is 36.4 Å². The van der Waals surface area contributed by atoms with Crippen LogP contribution < -0.4 is 10.0 Å². The minimum Gasteiger partial charge on any atom is -0.336 e. The Morgan fingerprint density at radius 1 is 1.03 bits per heavy atom. The molecule has 1 saturated heterocycles.